The third-order valence-electron chi connectivity index (χ3n) is 4.59. The molecule has 0 bridgehead atoms. The molecular formula is C22H19NOS3. The summed E-state index contributed by atoms with van der Waals surface area (Å²) < 4.78 is 1.09. The smallest absolute Gasteiger partial charge is 0.167 e. The van der Waals surface area contributed by atoms with Gasteiger partial charge in [0.1, 0.15) is 0 Å². The number of ketones is 1. The van der Waals surface area contributed by atoms with E-state index in [9.17, 15) is 4.79 Å². The highest BCUT2D eigenvalue weighted by Crippen LogP contribution is 2.57. The summed E-state index contributed by atoms with van der Waals surface area (Å²) >= 11 is 9.10. The monoisotopic (exact) mass is 409 g/mol. The fourth-order valence-corrected chi connectivity index (χ4v) is 6.41. The Morgan fingerprint density at radius 1 is 1.00 bits per heavy atom. The first-order valence-corrected chi connectivity index (χ1v) is 10.8. The van der Waals surface area contributed by atoms with E-state index in [0.717, 1.165) is 41.3 Å². The second kappa shape index (κ2) is 6.97. The Bertz CT molecular complexity index is 1020. The molecule has 2 aliphatic heterocycles. The van der Waals surface area contributed by atoms with Crippen LogP contribution in [0.1, 0.15) is 31.9 Å². The summed E-state index contributed by atoms with van der Waals surface area (Å²) in [5.74, 6) is 0.0920. The number of benzene rings is 2. The Balaban J connectivity index is 1.88. The number of hydrogen-bond acceptors (Lipinski definition) is 5. The van der Waals surface area contributed by atoms with Crippen LogP contribution in [0.5, 0.6) is 0 Å². The van der Waals surface area contributed by atoms with Gasteiger partial charge in [0.05, 0.1) is 14.7 Å². The number of carbonyl (C=O) groups is 1. The topological polar surface area (TPSA) is 29.1 Å². The third kappa shape index (κ3) is 3.28. The number of anilines is 1. The SMILES string of the molecule is CC(=O)C1=C(c2ccccc2)S/C(=C2\C(=S)C(C)(C)Nc3ccccc32)S1. The predicted molar refractivity (Wildman–Crippen MR) is 123 cm³/mol. The summed E-state index contributed by atoms with van der Waals surface area (Å²) in [6.45, 7) is 5.85. The largest absolute Gasteiger partial charge is 0.375 e. The minimum atomic E-state index is -0.320. The highest BCUT2D eigenvalue weighted by Gasteiger charge is 2.37. The average Bonchev–Trinajstić information content (AvgIpc) is 3.08. The van der Waals surface area contributed by atoms with Gasteiger partial charge in [0.2, 0.25) is 0 Å². The van der Waals surface area contributed by atoms with Gasteiger partial charge in [-0.15, -0.1) is 0 Å². The maximum Gasteiger partial charge on any atom is 0.167 e. The first-order valence-electron chi connectivity index (χ1n) is 8.71. The zero-order valence-electron chi connectivity index (χ0n) is 15.3. The lowest BCUT2D eigenvalue weighted by Gasteiger charge is -2.36. The highest BCUT2D eigenvalue weighted by atomic mass is 32.2. The van der Waals surface area contributed by atoms with E-state index < -0.39 is 0 Å². The maximum atomic E-state index is 12.4. The normalized spacial score (nSPS) is 21.1. The molecule has 0 radical (unpaired) electrons. The van der Waals surface area contributed by atoms with E-state index in [2.05, 4.69) is 43.4 Å². The van der Waals surface area contributed by atoms with Crippen LogP contribution in [0.25, 0.3) is 10.5 Å². The average molecular weight is 410 g/mol. The second-order valence-corrected chi connectivity index (χ2v) is 9.78. The lowest BCUT2D eigenvalue weighted by molar-refractivity contribution is -0.112. The van der Waals surface area contributed by atoms with Crippen molar-refractivity contribution in [1.82, 2.24) is 0 Å². The van der Waals surface area contributed by atoms with E-state index in [1.807, 2.05) is 30.3 Å². The van der Waals surface area contributed by atoms with Crippen LogP contribution < -0.4 is 5.32 Å². The van der Waals surface area contributed by atoms with Crippen LogP contribution >= 0.6 is 35.7 Å². The molecule has 0 unspecified atom stereocenters. The van der Waals surface area contributed by atoms with Crippen LogP contribution in [-0.4, -0.2) is 16.2 Å². The first kappa shape index (κ1) is 18.5. The van der Waals surface area contributed by atoms with Crippen molar-refractivity contribution in [2.24, 2.45) is 0 Å². The molecule has 0 fully saturated rings. The summed E-state index contributed by atoms with van der Waals surface area (Å²) in [5, 5.41) is 3.54. The van der Waals surface area contributed by atoms with Crippen LogP contribution in [0.3, 0.4) is 0 Å². The van der Waals surface area contributed by atoms with E-state index in [4.69, 9.17) is 12.2 Å². The molecule has 0 aromatic heterocycles. The van der Waals surface area contributed by atoms with Gasteiger partial charge in [-0.05, 0) is 32.4 Å². The Morgan fingerprint density at radius 2 is 1.67 bits per heavy atom. The Labute approximate surface area is 173 Å². The molecule has 0 aliphatic carbocycles. The molecule has 4 rings (SSSR count). The van der Waals surface area contributed by atoms with Crippen LogP contribution in [0.4, 0.5) is 5.69 Å². The molecule has 0 amide bonds. The molecule has 0 atom stereocenters. The standard InChI is InChI=1S/C22H19NOS3/c1-13(24)18-19(14-9-5-4-6-10-14)27-21(26-18)17-15-11-7-8-12-16(15)23-22(2,3)20(17)25/h4-12,23H,1-3H3/b21-17-. The fourth-order valence-electron chi connectivity index (χ4n) is 3.25. The number of carbonyl (C=O) groups excluding carboxylic acids is 1. The number of allylic oxidation sites excluding steroid dienone is 1. The van der Waals surface area contributed by atoms with Crippen molar-refractivity contribution in [3.63, 3.8) is 0 Å². The number of fused-ring (bicyclic) bond motifs is 1. The minimum Gasteiger partial charge on any atom is -0.375 e. The van der Waals surface area contributed by atoms with Gasteiger partial charge < -0.3 is 5.32 Å². The highest BCUT2D eigenvalue weighted by molar-refractivity contribution is 8.32. The number of Topliss-reactive ketones (excluding diaryl/α,β-unsaturated/α-hetero) is 1. The zero-order chi connectivity index (χ0) is 19.2. The summed E-state index contributed by atoms with van der Waals surface area (Å²) in [6.07, 6.45) is 0. The van der Waals surface area contributed by atoms with Gasteiger partial charge in [0.25, 0.3) is 0 Å². The van der Waals surface area contributed by atoms with Gasteiger partial charge in [0, 0.05) is 26.6 Å². The van der Waals surface area contributed by atoms with E-state index in [1.165, 1.54) is 0 Å². The predicted octanol–water partition coefficient (Wildman–Crippen LogP) is 6.37. The molecule has 2 heterocycles. The summed E-state index contributed by atoms with van der Waals surface area (Å²) in [6, 6.07) is 18.3. The van der Waals surface area contributed by atoms with Crippen molar-refractivity contribution < 1.29 is 4.79 Å². The van der Waals surface area contributed by atoms with Gasteiger partial charge >= 0.3 is 0 Å². The molecule has 136 valence electrons. The van der Waals surface area contributed by atoms with Gasteiger partial charge in [0.15, 0.2) is 5.78 Å². The molecule has 2 aromatic carbocycles. The Morgan fingerprint density at radius 3 is 2.37 bits per heavy atom. The van der Waals surface area contributed by atoms with Gasteiger partial charge in [-0.2, -0.15) is 0 Å². The quantitative estimate of drug-likeness (QED) is 0.460. The van der Waals surface area contributed by atoms with Crippen molar-refractivity contribution in [2.75, 3.05) is 5.32 Å². The van der Waals surface area contributed by atoms with Crippen molar-refractivity contribution in [2.45, 2.75) is 26.3 Å². The molecule has 0 saturated carbocycles. The molecular weight excluding hydrogens is 390 g/mol. The minimum absolute atomic E-state index is 0.0920. The van der Waals surface area contributed by atoms with Crippen molar-refractivity contribution in [3.8, 4) is 0 Å². The summed E-state index contributed by atoms with van der Waals surface area (Å²) in [4.78, 5) is 15.1. The van der Waals surface area contributed by atoms with Crippen LogP contribution in [0.2, 0.25) is 0 Å². The number of nitrogens with one attached hydrogen (secondary N) is 1. The van der Waals surface area contributed by atoms with E-state index in [1.54, 1.807) is 30.4 Å². The molecule has 1 N–H and O–H groups in total. The maximum absolute atomic E-state index is 12.4. The number of thiocarbonyl (C=S) groups is 1. The lowest BCUT2D eigenvalue weighted by atomic mass is 9.86. The molecule has 2 nitrogen and oxygen atoms in total. The Hall–Kier alpha value is -1.82. The first-order chi connectivity index (χ1) is 12.9. The molecule has 0 saturated heterocycles. The summed E-state index contributed by atoms with van der Waals surface area (Å²) in [7, 11) is 0. The van der Waals surface area contributed by atoms with Crippen LogP contribution in [0, 0.1) is 0 Å². The molecule has 27 heavy (non-hydrogen) atoms. The van der Waals surface area contributed by atoms with E-state index >= 15 is 0 Å². The van der Waals surface area contributed by atoms with Crippen LogP contribution in [0.15, 0.2) is 63.7 Å². The number of hydrogen-bond donors (Lipinski definition) is 1. The molecule has 5 heteroatoms. The number of rotatable bonds is 2. The van der Waals surface area contributed by atoms with E-state index in [0.29, 0.717) is 0 Å². The molecule has 0 spiro atoms. The molecule has 2 aromatic rings. The Kier molecular flexibility index (Phi) is 4.78. The zero-order valence-corrected chi connectivity index (χ0v) is 17.8. The second-order valence-electron chi connectivity index (χ2n) is 7.07. The van der Waals surface area contributed by atoms with Gasteiger partial charge in [-0.1, -0.05) is 84.3 Å². The fraction of sp³-hybridized carbons (Fsp3) is 0.182. The van der Waals surface area contributed by atoms with Crippen LogP contribution in [-0.2, 0) is 4.79 Å². The van der Waals surface area contributed by atoms with Crippen molar-refractivity contribution in [1.29, 1.82) is 0 Å². The van der Waals surface area contributed by atoms with Gasteiger partial charge in [-0.3, -0.25) is 4.79 Å². The van der Waals surface area contributed by atoms with Gasteiger partial charge in [-0.25, -0.2) is 0 Å². The number of thioether (sulfide) groups is 2. The van der Waals surface area contributed by atoms with Crippen molar-refractivity contribution >= 4 is 62.6 Å². The summed E-state index contributed by atoms with van der Waals surface area (Å²) in [5.41, 5.74) is 4.01. The lowest BCUT2D eigenvalue weighted by Crippen LogP contribution is -2.43. The van der Waals surface area contributed by atoms with Crippen molar-refractivity contribution in [3.05, 3.63) is 74.9 Å². The third-order valence-corrected chi connectivity index (χ3v) is 8.06. The number of para-hydroxylation sites is 1. The molecule has 2 aliphatic rings. The van der Waals surface area contributed by atoms with E-state index in [-0.39, 0.29) is 11.3 Å².